The van der Waals surface area contributed by atoms with Crippen molar-refractivity contribution >= 4 is 16.8 Å². The van der Waals surface area contributed by atoms with E-state index in [9.17, 15) is 4.79 Å². The summed E-state index contributed by atoms with van der Waals surface area (Å²) >= 11 is 0. The third kappa shape index (κ3) is 2.62. The fraction of sp³-hybridized carbons (Fsp3) is 0.526. The molecule has 0 saturated carbocycles. The van der Waals surface area contributed by atoms with Crippen LogP contribution in [0.4, 0.5) is 0 Å². The van der Waals surface area contributed by atoms with Crippen molar-refractivity contribution in [1.29, 1.82) is 0 Å². The number of hydrogen-bond acceptors (Lipinski definition) is 3. The molecule has 1 aromatic heterocycles. The number of ether oxygens (including phenoxy) is 2. The maximum atomic E-state index is 12.9. The van der Waals surface area contributed by atoms with Gasteiger partial charge in [-0.25, -0.2) is 0 Å². The number of carbonyl (C=O) groups is 1. The van der Waals surface area contributed by atoms with Gasteiger partial charge in [-0.1, -0.05) is 18.2 Å². The van der Waals surface area contributed by atoms with Gasteiger partial charge in [-0.2, -0.15) is 0 Å². The second-order valence-electron chi connectivity index (χ2n) is 6.94. The molecule has 2 saturated heterocycles. The Morgan fingerprint density at radius 3 is 2.96 bits per heavy atom. The van der Waals surface area contributed by atoms with Gasteiger partial charge in [0.2, 0.25) is 5.91 Å². The summed E-state index contributed by atoms with van der Waals surface area (Å²) in [5.74, 6) is 0.214. The third-order valence-electron chi connectivity index (χ3n) is 5.40. The van der Waals surface area contributed by atoms with Crippen LogP contribution in [0.5, 0.6) is 0 Å². The number of hydrogen-bond donors (Lipinski definition) is 1. The maximum Gasteiger partial charge on any atom is 0.223 e. The Morgan fingerprint density at radius 2 is 2.12 bits per heavy atom. The lowest BCUT2D eigenvalue weighted by molar-refractivity contribution is -0.149. The van der Waals surface area contributed by atoms with E-state index in [2.05, 4.69) is 30.1 Å². The van der Waals surface area contributed by atoms with Crippen LogP contribution < -0.4 is 0 Å². The second kappa shape index (κ2) is 6.22. The zero-order valence-electron chi connectivity index (χ0n) is 14.1. The normalized spacial score (nSPS) is 24.1. The van der Waals surface area contributed by atoms with Crippen molar-refractivity contribution in [1.82, 2.24) is 9.88 Å². The average molecular weight is 328 g/mol. The second-order valence-corrected chi connectivity index (χ2v) is 6.94. The molecule has 0 radical (unpaired) electrons. The van der Waals surface area contributed by atoms with Gasteiger partial charge in [0.25, 0.3) is 0 Å². The molecule has 2 aromatic rings. The number of morpholine rings is 1. The summed E-state index contributed by atoms with van der Waals surface area (Å²) in [7, 11) is 0. The lowest BCUT2D eigenvalue weighted by Gasteiger charge is -2.43. The van der Waals surface area contributed by atoms with Gasteiger partial charge in [-0.05, 0) is 30.9 Å². The number of aromatic amines is 1. The molecule has 3 heterocycles. The third-order valence-corrected chi connectivity index (χ3v) is 5.40. The first-order chi connectivity index (χ1) is 11.7. The minimum atomic E-state index is -0.230. The highest BCUT2D eigenvalue weighted by Crippen LogP contribution is 2.30. The predicted octanol–water partition coefficient (Wildman–Crippen LogP) is 2.43. The van der Waals surface area contributed by atoms with Gasteiger partial charge in [0, 0.05) is 36.7 Å². The SMILES string of the molecule is Cc1cccc2c(CCC(=O)N3CCOCC34CCOC4)c[nH]c12. The number of aromatic nitrogens is 1. The first-order valence-electron chi connectivity index (χ1n) is 8.71. The standard InChI is InChI=1S/C19H24N2O3/c1-14-3-2-4-16-15(11-20-18(14)16)5-6-17(22)21-8-10-24-13-19(21)7-9-23-12-19/h2-4,11,20H,5-10,12-13H2,1H3. The summed E-state index contributed by atoms with van der Waals surface area (Å²) in [5.41, 5.74) is 3.39. The molecule has 5 heteroatoms. The van der Waals surface area contributed by atoms with Crippen LogP contribution in [0, 0.1) is 6.92 Å². The molecule has 1 N–H and O–H groups in total. The number of para-hydroxylation sites is 1. The van der Waals surface area contributed by atoms with Crippen molar-refractivity contribution in [2.75, 3.05) is 33.0 Å². The van der Waals surface area contributed by atoms with Gasteiger partial charge in [-0.15, -0.1) is 0 Å². The number of amides is 1. The topological polar surface area (TPSA) is 54.6 Å². The van der Waals surface area contributed by atoms with E-state index in [-0.39, 0.29) is 11.4 Å². The van der Waals surface area contributed by atoms with E-state index in [1.165, 1.54) is 22.0 Å². The summed E-state index contributed by atoms with van der Waals surface area (Å²) in [6.45, 7) is 5.32. The van der Waals surface area contributed by atoms with E-state index < -0.39 is 0 Å². The van der Waals surface area contributed by atoms with Crippen molar-refractivity contribution in [2.24, 2.45) is 0 Å². The molecule has 1 amide bonds. The maximum absolute atomic E-state index is 12.9. The van der Waals surface area contributed by atoms with Gasteiger partial charge in [0.15, 0.2) is 0 Å². The molecule has 128 valence electrons. The van der Waals surface area contributed by atoms with Crippen molar-refractivity contribution in [2.45, 2.75) is 31.7 Å². The Labute approximate surface area is 141 Å². The van der Waals surface area contributed by atoms with Crippen LogP contribution in [0.1, 0.15) is 24.0 Å². The quantitative estimate of drug-likeness (QED) is 0.941. The largest absolute Gasteiger partial charge is 0.379 e. The van der Waals surface area contributed by atoms with Crippen molar-refractivity contribution < 1.29 is 14.3 Å². The first-order valence-corrected chi connectivity index (χ1v) is 8.71. The van der Waals surface area contributed by atoms with Gasteiger partial charge in [0.05, 0.1) is 25.4 Å². The molecule has 1 unspecified atom stereocenters. The Hall–Kier alpha value is -1.85. The number of carbonyl (C=O) groups excluding carboxylic acids is 1. The van der Waals surface area contributed by atoms with E-state index in [1.807, 2.05) is 11.1 Å². The highest BCUT2D eigenvalue weighted by Gasteiger charge is 2.45. The van der Waals surface area contributed by atoms with Crippen molar-refractivity contribution in [3.63, 3.8) is 0 Å². The number of benzene rings is 1. The fourth-order valence-corrected chi connectivity index (χ4v) is 3.99. The predicted molar refractivity (Wildman–Crippen MR) is 92.1 cm³/mol. The number of nitrogens with one attached hydrogen (secondary N) is 1. The Kier molecular flexibility index (Phi) is 4.06. The molecule has 2 aliphatic rings. The van der Waals surface area contributed by atoms with E-state index in [4.69, 9.17) is 9.47 Å². The smallest absolute Gasteiger partial charge is 0.223 e. The molecular formula is C19H24N2O3. The summed E-state index contributed by atoms with van der Waals surface area (Å²) in [6.07, 6.45) is 4.21. The first kappa shape index (κ1) is 15.7. The average Bonchev–Trinajstić information content (AvgIpc) is 3.22. The summed E-state index contributed by atoms with van der Waals surface area (Å²) < 4.78 is 11.2. The molecule has 1 aromatic carbocycles. The molecule has 5 nitrogen and oxygen atoms in total. The molecule has 4 rings (SSSR count). The van der Waals surface area contributed by atoms with Gasteiger partial charge in [0.1, 0.15) is 0 Å². The van der Waals surface area contributed by atoms with Gasteiger partial charge in [-0.3, -0.25) is 4.79 Å². The van der Waals surface area contributed by atoms with E-state index in [1.54, 1.807) is 0 Å². The Balaban J connectivity index is 1.48. The highest BCUT2D eigenvalue weighted by atomic mass is 16.5. The van der Waals surface area contributed by atoms with Crippen LogP contribution in [0.3, 0.4) is 0 Å². The molecule has 0 aliphatic carbocycles. The minimum absolute atomic E-state index is 0.214. The number of rotatable bonds is 3. The number of nitrogens with zero attached hydrogens (tertiary/aromatic N) is 1. The van der Waals surface area contributed by atoms with Crippen LogP contribution in [0.15, 0.2) is 24.4 Å². The number of aryl methyl sites for hydroxylation is 2. The lowest BCUT2D eigenvalue weighted by Crippen LogP contribution is -2.59. The zero-order chi connectivity index (χ0) is 16.6. The van der Waals surface area contributed by atoms with Crippen molar-refractivity contribution in [3.8, 4) is 0 Å². The van der Waals surface area contributed by atoms with Crippen LogP contribution >= 0.6 is 0 Å². The summed E-state index contributed by atoms with van der Waals surface area (Å²) in [4.78, 5) is 18.2. The van der Waals surface area contributed by atoms with Crippen molar-refractivity contribution in [3.05, 3.63) is 35.5 Å². The molecular weight excluding hydrogens is 304 g/mol. The van der Waals surface area contributed by atoms with E-state index in [0.717, 1.165) is 19.4 Å². The van der Waals surface area contributed by atoms with Crippen LogP contribution in [-0.2, 0) is 20.7 Å². The highest BCUT2D eigenvalue weighted by molar-refractivity contribution is 5.86. The Bertz CT molecular complexity index is 746. The molecule has 1 atom stereocenters. The molecule has 0 bridgehead atoms. The zero-order valence-corrected chi connectivity index (χ0v) is 14.1. The Morgan fingerprint density at radius 1 is 1.29 bits per heavy atom. The van der Waals surface area contributed by atoms with Crippen LogP contribution in [-0.4, -0.2) is 54.3 Å². The fourth-order valence-electron chi connectivity index (χ4n) is 3.99. The van der Waals surface area contributed by atoms with E-state index >= 15 is 0 Å². The molecule has 2 fully saturated rings. The molecule has 2 aliphatic heterocycles. The monoisotopic (exact) mass is 328 g/mol. The van der Waals surface area contributed by atoms with Crippen LogP contribution in [0.25, 0.3) is 10.9 Å². The molecule has 24 heavy (non-hydrogen) atoms. The summed E-state index contributed by atoms with van der Waals surface area (Å²) in [6, 6.07) is 6.30. The lowest BCUT2D eigenvalue weighted by atomic mass is 9.95. The summed E-state index contributed by atoms with van der Waals surface area (Å²) in [5, 5.41) is 1.23. The van der Waals surface area contributed by atoms with E-state index in [0.29, 0.717) is 32.8 Å². The number of fused-ring (bicyclic) bond motifs is 1. The molecule has 1 spiro atoms. The minimum Gasteiger partial charge on any atom is -0.379 e. The van der Waals surface area contributed by atoms with Crippen LogP contribution in [0.2, 0.25) is 0 Å². The van der Waals surface area contributed by atoms with Gasteiger partial charge < -0.3 is 19.4 Å². The number of H-pyrrole nitrogens is 1. The van der Waals surface area contributed by atoms with Gasteiger partial charge >= 0.3 is 0 Å².